The maximum absolute atomic E-state index is 12.9. The lowest BCUT2D eigenvalue weighted by Gasteiger charge is -2.18. The van der Waals surface area contributed by atoms with E-state index in [2.05, 4.69) is 130 Å². The Morgan fingerprint density at radius 3 is 0.775 bits per heavy atom. The molecule has 0 heterocycles. The second-order valence-electron chi connectivity index (χ2n) is 22.3. The zero-order valence-corrected chi connectivity index (χ0v) is 52.6. The van der Waals surface area contributed by atoms with Crippen LogP contribution in [-0.2, 0) is 28.6 Å². The highest BCUT2D eigenvalue weighted by molar-refractivity contribution is 5.71. The zero-order valence-electron chi connectivity index (χ0n) is 52.6. The summed E-state index contributed by atoms with van der Waals surface area (Å²) in [6, 6.07) is 0. The van der Waals surface area contributed by atoms with Crippen LogP contribution in [0, 0.1) is 0 Å². The minimum atomic E-state index is -0.799. The van der Waals surface area contributed by atoms with Crippen molar-refractivity contribution in [1.82, 2.24) is 0 Å². The van der Waals surface area contributed by atoms with Gasteiger partial charge in [-0.05, 0) is 128 Å². The highest BCUT2D eigenvalue weighted by Gasteiger charge is 2.19. The van der Waals surface area contributed by atoms with Crippen molar-refractivity contribution in [3.05, 3.63) is 109 Å². The molecule has 0 aromatic heterocycles. The van der Waals surface area contributed by atoms with Crippen molar-refractivity contribution < 1.29 is 28.6 Å². The lowest BCUT2D eigenvalue weighted by Crippen LogP contribution is -2.30. The fourth-order valence-electron chi connectivity index (χ4n) is 9.41. The Hall–Kier alpha value is -3.93. The van der Waals surface area contributed by atoms with Crippen LogP contribution in [0.5, 0.6) is 0 Å². The number of hydrogen-bond donors (Lipinski definition) is 0. The monoisotopic (exact) mass is 1110 g/mol. The number of rotatable bonds is 61. The second kappa shape index (κ2) is 67.6. The third-order valence-corrected chi connectivity index (χ3v) is 14.5. The zero-order chi connectivity index (χ0) is 57.8. The van der Waals surface area contributed by atoms with Crippen LogP contribution in [0.25, 0.3) is 0 Å². The lowest BCUT2D eigenvalue weighted by atomic mass is 10.0. The van der Waals surface area contributed by atoms with Gasteiger partial charge in [0.25, 0.3) is 0 Å². The summed E-state index contributed by atoms with van der Waals surface area (Å²) in [6.07, 6.45) is 92.4. The number of allylic oxidation sites excluding steroid dienone is 18. The smallest absolute Gasteiger partial charge is 0.306 e. The van der Waals surface area contributed by atoms with E-state index in [-0.39, 0.29) is 31.1 Å². The minimum Gasteiger partial charge on any atom is -0.462 e. The van der Waals surface area contributed by atoms with Crippen molar-refractivity contribution in [3.63, 3.8) is 0 Å². The molecule has 0 fully saturated rings. The van der Waals surface area contributed by atoms with Gasteiger partial charge in [0, 0.05) is 19.3 Å². The molecule has 0 amide bonds. The number of ether oxygens (including phenoxy) is 3. The van der Waals surface area contributed by atoms with Crippen LogP contribution in [0.2, 0.25) is 0 Å². The first-order valence-electron chi connectivity index (χ1n) is 33.9. The van der Waals surface area contributed by atoms with Crippen LogP contribution in [0.3, 0.4) is 0 Å². The van der Waals surface area contributed by atoms with Crippen LogP contribution in [0.15, 0.2) is 109 Å². The first kappa shape index (κ1) is 76.1. The second-order valence-corrected chi connectivity index (χ2v) is 22.3. The van der Waals surface area contributed by atoms with E-state index in [0.717, 1.165) is 122 Å². The minimum absolute atomic E-state index is 0.0914. The average Bonchev–Trinajstić information content (AvgIpc) is 3.46. The van der Waals surface area contributed by atoms with Gasteiger partial charge >= 0.3 is 17.9 Å². The number of carbonyl (C=O) groups excluding carboxylic acids is 3. The number of unbranched alkanes of at least 4 members (excludes halogenated alkanes) is 32. The summed E-state index contributed by atoms with van der Waals surface area (Å²) in [5, 5.41) is 0. The predicted octanol–water partition coefficient (Wildman–Crippen LogP) is 23.4. The van der Waals surface area contributed by atoms with E-state index in [9.17, 15) is 14.4 Å². The number of carbonyl (C=O) groups is 3. The molecule has 0 aromatic rings. The van der Waals surface area contributed by atoms with Crippen molar-refractivity contribution >= 4 is 17.9 Å². The first-order valence-corrected chi connectivity index (χ1v) is 33.9. The predicted molar refractivity (Wildman–Crippen MR) is 348 cm³/mol. The Morgan fingerprint density at radius 2 is 0.487 bits per heavy atom. The molecule has 0 saturated carbocycles. The molecule has 458 valence electrons. The van der Waals surface area contributed by atoms with Crippen LogP contribution in [0.1, 0.15) is 323 Å². The molecule has 1 atom stereocenters. The van der Waals surface area contributed by atoms with Gasteiger partial charge in [0.1, 0.15) is 13.2 Å². The molecule has 0 bridgehead atoms. The first-order chi connectivity index (χ1) is 39.5. The Balaban J connectivity index is 4.38. The van der Waals surface area contributed by atoms with Gasteiger partial charge in [0.05, 0.1) is 0 Å². The fourth-order valence-corrected chi connectivity index (χ4v) is 9.41. The van der Waals surface area contributed by atoms with Gasteiger partial charge in [-0.1, -0.05) is 284 Å². The van der Waals surface area contributed by atoms with Gasteiger partial charge in [0.2, 0.25) is 0 Å². The summed E-state index contributed by atoms with van der Waals surface area (Å²) in [5.41, 5.74) is 0. The average molecular weight is 1110 g/mol. The Morgan fingerprint density at radius 1 is 0.263 bits per heavy atom. The molecule has 0 N–H and O–H groups in total. The molecule has 0 aromatic carbocycles. The number of esters is 3. The van der Waals surface area contributed by atoms with E-state index >= 15 is 0 Å². The van der Waals surface area contributed by atoms with Crippen LogP contribution >= 0.6 is 0 Å². The summed E-state index contributed by atoms with van der Waals surface area (Å²) >= 11 is 0. The Labute approximate surface area is 495 Å². The summed E-state index contributed by atoms with van der Waals surface area (Å²) in [7, 11) is 0. The lowest BCUT2D eigenvalue weighted by molar-refractivity contribution is -0.167. The van der Waals surface area contributed by atoms with Crippen LogP contribution in [0.4, 0.5) is 0 Å². The normalized spacial score (nSPS) is 12.8. The van der Waals surface area contributed by atoms with E-state index in [1.165, 1.54) is 161 Å². The maximum atomic E-state index is 12.9. The summed E-state index contributed by atoms with van der Waals surface area (Å²) in [6.45, 7) is 6.51. The quantitative estimate of drug-likeness (QED) is 0.0261. The molecule has 80 heavy (non-hydrogen) atoms. The molecule has 0 saturated heterocycles. The van der Waals surface area contributed by atoms with Crippen molar-refractivity contribution in [2.24, 2.45) is 0 Å². The van der Waals surface area contributed by atoms with Crippen molar-refractivity contribution in [3.8, 4) is 0 Å². The van der Waals surface area contributed by atoms with Gasteiger partial charge in [-0.2, -0.15) is 0 Å². The molecular formula is C74H126O6. The Bertz CT molecular complexity index is 1610. The highest BCUT2D eigenvalue weighted by Crippen LogP contribution is 2.16. The van der Waals surface area contributed by atoms with Crippen LogP contribution < -0.4 is 0 Å². The van der Waals surface area contributed by atoms with Crippen molar-refractivity contribution in [2.45, 2.75) is 329 Å². The number of hydrogen-bond acceptors (Lipinski definition) is 6. The summed E-state index contributed by atoms with van der Waals surface area (Å²) in [4.78, 5) is 38.4. The van der Waals surface area contributed by atoms with Gasteiger partial charge in [-0.25, -0.2) is 0 Å². The maximum Gasteiger partial charge on any atom is 0.306 e. The van der Waals surface area contributed by atoms with Crippen molar-refractivity contribution in [2.75, 3.05) is 13.2 Å². The topological polar surface area (TPSA) is 78.9 Å². The van der Waals surface area contributed by atoms with Crippen molar-refractivity contribution in [1.29, 1.82) is 0 Å². The van der Waals surface area contributed by atoms with Gasteiger partial charge < -0.3 is 14.2 Å². The third-order valence-electron chi connectivity index (χ3n) is 14.5. The van der Waals surface area contributed by atoms with E-state index in [0.29, 0.717) is 19.3 Å². The molecule has 0 aliphatic rings. The van der Waals surface area contributed by atoms with Gasteiger partial charge in [-0.3, -0.25) is 14.4 Å². The van der Waals surface area contributed by atoms with E-state index in [1.807, 2.05) is 0 Å². The SMILES string of the molecule is CC/C=C\C/C=C\C/C=C\C/C=C\C/C=C\C/C=C\CCCCCCC(=O)OC(COC(=O)CCCCCCC/C=C\CCCCCCC)COC(=O)CCCCCCCCCCCCCCC/C=C\C/C=C\CCCCCCC. The Kier molecular flexibility index (Phi) is 64.3. The van der Waals surface area contributed by atoms with E-state index < -0.39 is 6.10 Å². The standard InChI is InChI=1S/C74H126O6/c1-4-7-10-13-16-19-22-25-28-30-32-34-36-37-39-40-42-44-46-49-52-55-58-61-64-67-73(76)79-70-71(69-78-72(75)66-63-60-57-54-51-48-27-24-21-18-15-12-9-6-3)80-74(77)68-65-62-59-56-53-50-47-45-43-41-38-35-33-31-29-26-23-20-17-14-11-8-5-2/h8,11,17,20,22,24-27,29-30,32-33,35,41,43,47,50,71H,4-7,9-10,12-16,18-19,21,23,28,31,34,36-40,42,44-46,48-49,51-70H2,1-3H3/b11-8-,20-17-,25-22-,27-24-,29-26-,32-30-,35-33-,43-41-,50-47-. The molecule has 0 spiro atoms. The molecular weight excluding hydrogens is 985 g/mol. The van der Waals surface area contributed by atoms with Crippen LogP contribution in [-0.4, -0.2) is 37.2 Å². The molecule has 0 rings (SSSR count). The molecule has 6 heteroatoms. The molecule has 0 aliphatic heterocycles. The summed E-state index contributed by atoms with van der Waals surface area (Å²) in [5.74, 6) is -0.916. The van der Waals surface area contributed by atoms with Gasteiger partial charge in [-0.15, -0.1) is 0 Å². The molecule has 0 radical (unpaired) electrons. The van der Waals surface area contributed by atoms with E-state index in [1.54, 1.807) is 0 Å². The highest BCUT2D eigenvalue weighted by atomic mass is 16.6. The largest absolute Gasteiger partial charge is 0.462 e. The fraction of sp³-hybridized carbons (Fsp3) is 0.716. The third kappa shape index (κ3) is 64.9. The summed E-state index contributed by atoms with van der Waals surface area (Å²) < 4.78 is 16.9. The molecule has 6 nitrogen and oxygen atoms in total. The van der Waals surface area contributed by atoms with E-state index in [4.69, 9.17) is 14.2 Å². The molecule has 0 aliphatic carbocycles. The molecule has 1 unspecified atom stereocenters. The van der Waals surface area contributed by atoms with Gasteiger partial charge in [0.15, 0.2) is 6.10 Å².